The molecule has 2 aliphatic rings. The van der Waals surface area contributed by atoms with Crippen molar-refractivity contribution in [2.45, 2.75) is 38.6 Å². The van der Waals surface area contributed by atoms with Gasteiger partial charge in [-0.1, -0.05) is 31.2 Å². The fourth-order valence-corrected chi connectivity index (χ4v) is 4.40. The van der Waals surface area contributed by atoms with E-state index < -0.39 is 0 Å². The van der Waals surface area contributed by atoms with Crippen molar-refractivity contribution in [1.82, 2.24) is 20.4 Å². The number of hydrogen-bond donors (Lipinski definition) is 2. The molecule has 1 aliphatic heterocycles. The van der Waals surface area contributed by atoms with Crippen LogP contribution < -0.4 is 5.32 Å². The van der Waals surface area contributed by atoms with Crippen LogP contribution in [0.5, 0.6) is 0 Å². The van der Waals surface area contributed by atoms with Crippen molar-refractivity contribution in [3.05, 3.63) is 41.6 Å². The second-order valence-electron chi connectivity index (χ2n) is 7.79. The van der Waals surface area contributed by atoms with Gasteiger partial charge in [0.1, 0.15) is 5.69 Å². The Morgan fingerprint density at radius 3 is 2.70 bits per heavy atom. The average molecular weight is 366 g/mol. The van der Waals surface area contributed by atoms with Crippen LogP contribution in [0.1, 0.15) is 42.2 Å². The van der Waals surface area contributed by atoms with Crippen LogP contribution in [0.2, 0.25) is 0 Å². The van der Waals surface area contributed by atoms with Crippen molar-refractivity contribution >= 4 is 11.8 Å². The predicted molar refractivity (Wildman–Crippen MR) is 103 cm³/mol. The molecule has 6 heteroatoms. The fourth-order valence-electron chi connectivity index (χ4n) is 4.40. The van der Waals surface area contributed by atoms with Gasteiger partial charge >= 0.3 is 0 Å². The lowest BCUT2D eigenvalue weighted by Gasteiger charge is -2.24. The molecule has 1 saturated heterocycles. The molecule has 0 unspecified atom stereocenters. The van der Waals surface area contributed by atoms with E-state index in [-0.39, 0.29) is 17.9 Å². The Bertz CT molecular complexity index is 842. The number of rotatable bonds is 4. The van der Waals surface area contributed by atoms with Gasteiger partial charge in [-0.2, -0.15) is 5.10 Å². The summed E-state index contributed by atoms with van der Waals surface area (Å²) in [6, 6.07) is 10.3. The quantitative estimate of drug-likeness (QED) is 0.873. The zero-order valence-electron chi connectivity index (χ0n) is 15.9. The number of amides is 2. The Morgan fingerprint density at radius 1 is 1.22 bits per heavy atom. The molecule has 1 aromatic carbocycles. The Balaban J connectivity index is 1.45. The first kappa shape index (κ1) is 17.8. The van der Waals surface area contributed by atoms with E-state index in [0.717, 1.165) is 37.1 Å². The molecule has 1 aromatic heterocycles. The lowest BCUT2D eigenvalue weighted by atomic mass is 9.89. The number of aryl methyl sites for hydroxylation is 1. The van der Waals surface area contributed by atoms with Crippen molar-refractivity contribution in [3.8, 4) is 11.3 Å². The van der Waals surface area contributed by atoms with Gasteiger partial charge < -0.3 is 10.2 Å². The maximum atomic E-state index is 12.9. The number of nitrogens with one attached hydrogen (secondary N) is 2. The zero-order chi connectivity index (χ0) is 19.0. The van der Waals surface area contributed by atoms with Gasteiger partial charge in [-0.05, 0) is 42.7 Å². The highest BCUT2D eigenvalue weighted by Gasteiger charge is 2.40. The van der Waals surface area contributed by atoms with E-state index in [9.17, 15) is 9.59 Å². The van der Waals surface area contributed by atoms with E-state index in [1.165, 1.54) is 5.56 Å². The number of hydrogen-bond acceptors (Lipinski definition) is 3. The number of carbonyl (C=O) groups excluding carboxylic acids is 2. The molecular formula is C21H26N4O2. The van der Waals surface area contributed by atoms with E-state index in [4.69, 9.17) is 0 Å². The van der Waals surface area contributed by atoms with Crippen LogP contribution in [-0.2, 0) is 11.2 Å². The third-order valence-corrected chi connectivity index (χ3v) is 6.16. The number of benzene rings is 1. The van der Waals surface area contributed by atoms with Crippen molar-refractivity contribution in [2.24, 2.45) is 11.8 Å². The van der Waals surface area contributed by atoms with E-state index in [2.05, 4.69) is 34.6 Å². The van der Waals surface area contributed by atoms with Gasteiger partial charge in [0.05, 0.1) is 5.69 Å². The molecule has 2 heterocycles. The summed E-state index contributed by atoms with van der Waals surface area (Å²) < 4.78 is 0. The molecular weight excluding hydrogens is 340 g/mol. The van der Waals surface area contributed by atoms with Gasteiger partial charge in [0, 0.05) is 31.6 Å². The number of H-pyrrole nitrogens is 1. The second-order valence-corrected chi connectivity index (χ2v) is 7.79. The molecule has 2 amide bonds. The van der Waals surface area contributed by atoms with Gasteiger partial charge in [0.2, 0.25) is 5.91 Å². The largest absolute Gasteiger partial charge is 0.356 e. The third-order valence-electron chi connectivity index (χ3n) is 6.16. The van der Waals surface area contributed by atoms with E-state index in [1.54, 1.807) is 0 Å². The lowest BCUT2D eigenvalue weighted by Crippen LogP contribution is -2.38. The van der Waals surface area contributed by atoms with Crippen LogP contribution in [0, 0.1) is 11.8 Å². The maximum absolute atomic E-state index is 12.9. The van der Waals surface area contributed by atoms with Gasteiger partial charge in [-0.25, -0.2) is 0 Å². The summed E-state index contributed by atoms with van der Waals surface area (Å²) in [5.74, 6) is 0.978. The van der Waals surface area contributed by atoms with Crippen LogP contribution in [0.25, 0.3) is 11.3 Å². The highest BCUT2D eigenvalue weighted by atomic mass is 16.2. The average Bonchev–Trinajstić information content (AvgIpc) is 3.33. The van der Waals surface area contributed by atoms with Crippen LogP contribution in [0.3, 0.4) is 0 Å². The molecule has 1 aliphatic carbocycles. The minimum Gasteiger partial charge on any atom is -0.356 e. The molecule has 0 bridgehead atoms. The van der Waals surface area contributed by atoms with Gasteiger partial charge in [0.25, 0.3) is 5.91 Å². The highest BCUT2D eigenvalue weighted by Crippen LogP contribution is 2.38. The van der Waals surface area contributed by atoms with Crippen LogP contribution in [-0.4, -0.2) is 46.5 Å². The molecule has 27 heavy (non-hydrogen) atoms. The molecule has 2 fully saturated rings. The van der Waals surface area contributed by atoms with Crippen molar-refractivity contribution in [3.63, 3.8) is 0 Å². The van der Waals surface area contributed by atoms with Crippen LogP contribution >= 0.6 is 0 Å². The minimum atomic E-state index is -0.0399. The summed E-state index contributed by atoms with van der Waals surface area (Å²) in [7, 11) is 1.86. The molecule has 2 N–H and O–H groups in total. The zero-order valence-corrected chi connectivity index (χ0v) is 15.9. The monoisotopic (exact) mass is 366 g/mol. The molecule has 6 nitrogen and oxygen atoms in total. The molecule has 2 aromatic rings. The lowest BCUT2D eigenvalue weighted by molar-refractivity contribution is -0.124. The minimum absolute atomic E-state index is 0.0399. The fraction of sp³-hybridized carbons (Fsp3) is 0.476. The SMILES string of the molecule is CCc1ccc(-c2cc(C(=O)N(C)[C@H]3C[C@H]4CNC(=O)C[C@H]4C3)[nH]n2)cc1. The van der Waals surface area contributed by atoms with Gasteiger partial charge in [-0.15, -0.1) is 0 Å². The Morgan fingerprint density at radius 2 is 1.96 bits per heavy atom. The number of aromatic amines is 1. The van der Waals surface area contributed by atoms with Crippen molar-refractivity contribution < 1.29 is 9.59 Å². The first-order valence-corrected chi connectivity index (χ1v) is 9.73. The normalized spacial score (nSPS) is 24.4. The summed E-state index contributed by atoms with van der Waals surface area (Å²) in [6.07, 6.45) is 3.44. The predicted octanol–water partition coefficient (Wildman–Crippen LogP) is 2.63. The molecule has 1 saturated carbocycles. The van der Waals surface area contributed by atoms with E-state index in [1.807, 2.05) is 30.1 Å². The van der Waals surface area contributed by atoms with Gasteiger partial charge in [0.15, 0.2) is 0 Å². The van der Waals surface area contributed by atoms with E-state index in [0.29, 0.717) is 24.0 Å². The standard InChI is InChI=1S/C21H26N4O2/c1-3-13-4-6-14(7-5-13)18-11-19(24-23-18)21(27)25(2)17-8-15-10-20(26)22-12-16(15)9-17/h4-7,11,15-17H,3,8-10,12H2,1-2H3,(H,22,26)(H,23,24)/t15-,16+,17-/m1/s1. The molecule has 0 radical (unpaired) electrons. The Hall–Kier alpha value is -2.63. The Labute approximate surface area is 159 Å². The highest BCUT2D eigenvalue weighted by molar-refractivity contribution is 5.93. The molecule has 3 atom stereocenters. The van der Waals surface area contributed by atoms with Crippen molar-refractivity contribution in [1.29, 1.82) is 0 Å². The summed E-state index contributed by atoms with van der Waals surface area (Å²) >= 11 is 0. The summed E-state index contributed by atoms with van der Waals surface area (Å²) in [5, 5.41) is 10.2. The summed E-state index contributed by atoms with van der Waals surface area (Å²) in [5.41, 5.74) is 3.57. The first-order valence-electron chi connectivity index (χ1n) is 9.73. The van der Waals surface area contributed by atoms with Gasteiger partial charge in [-0.3, -0.25) is 14.7 Å². The summed E-state index contributed by atoms with van der Waals surface area (Å²) in [4.78, 5) is 26.3. The van der Waals surface area contributed by atoms with E-state index >= 15 is 0 Å². The molecule has 0 spiro atoms. The number of fused-ring (bicyclic) bond motifs is 1. The maximum Gasteiger partial charge on any atom is 0.271 e. The molecule has 142 valence electrons. The smallest absolute Gasteiger partial charge is 0.271 e. The Kier molecular flexibility index (Phi) is 4.72. The summed E-state index contributed by atoms with van der Waals surface area (Å²) in [6.45, 7) is 2.87. The number of nitrogens with zero attached hydrogens (tertiary/aromatic N) is 2. The number of piperidine rings is 1. The van der Waals surface area contributed by atoms with Crippen molar-refractivity contribution in [2.75, 3.05) is 13.6 Å². The second kappa shape index (κ2) is 7.18. The topological polar surface area (TPSA) is 78.1 Å². The number of aromatic nitrogens is 2. The van der Waals surface area contributed by atoms with Crippen LogP contribution in [0.4, 0.5) is 0 Å². The van der Waals surface area contributed by atoms with Crippen LogP contribution in [0.15, 0.2) is 30.3 Å². The third kappa shape index (κ3) is 3.48. The number of carbonyl (C=O) groups is 2. The first-order chi connectivity index (χ1) is 13.0. The molecule has 4 rings (SSSR count).